The van der Waals surface area contributed by atoms with Crippen LogP contribution in [0.25, 0.3) is 0 Å². The number of nitrogens with one attached hydrogen (secondary N) is 1. The molecule has 0 amide bonds. The van der Waals surface area contributed by atoms with Crippen LogP contribution < -0.4 is 5.32 Å². The summed E-state index contributed by atoms with van der Waals surface area (Å²) in [6, 6.07) is 33.5. The zero-order chi connectivity index (χ0) is 19.0. The number of hydrogen-bond donors (Lipinski definition) is 1. The summed E-state index contributed by atoms with van der Waals surface area (Å²) in [5.41, 5.74) is 4.20. The van der Waals surface area contributed by atoms with Crippen molar-refractivity contribution in [2.45, 2.75) is 37.9 Å². The largest absolute Gasteiger partial charge is 0.307 e. The van der Waals surface area contributed by atoms with Crippen molar-refractivity contribution >= 4 is 0 Å². The SMILES string of the molecule is c1ccc(CC(NC2CCN(Cc3ccccc3)CC2)c2ccccc2)cc1. The highest BCUT2D eigenvalue weighted by molar-refractivity contribution is 5.24. The van der Waals surface area contributed by atoms with Crippen LogP contribution in [0.3, 0.4) is 0 Å². The minimum atomic E-state index is 0.370. The van der Waals surface area contributed by atoms with Gasteiger partial charge in [-0.05, 0) is 49.0 Å². The molecule has 1 unspecified atom stereocenters. The van der Waals surface area contributed by atoms with Crippen molar-refractivity contribution in [3.8, 4) is 0 Å². The van der Waals surface area contributed by atoms with Gasteiger partial charge in [0.15, 0.2) is 0 Å². The Labute approximate surface area is 169 Å². The van der Waals surface area contributed by atoms with Gasteiger partial charge in [0.05, 0.1) is 0 Å². The molecule has 1 atom stereocenters. The summed E-state index contributed by atoms with van der Waals surface area (Å²) < 4.78 is 0. The van der Waals surface area contributed by atoms with Crippen LogP contribution in [0.15, 0.2) is 91.0 Å². The molecule has 1 heterocycles. The average molecular weight is 371 g/mol. The molecule has 1 N–H and O–H groups in total. The van der Waals surface area contributed by atoms with Crippen LogP contribution in [-0.2, 0) is 13.0 Å². The van der Waals surface area contributed by atoms with Gasteiger partial charge in [-0.2, -0.15) is 0 Å². The standard InChI is InChI=1S/C26H30N2/c1-4-10-22(11-5-1)20-26(24-14-8-3-9-15-24)27-25-16-18-28(19-17-25)21-23-12-6-2-7-13-23/h1-15,25-27H,16-21H2. The topological polar surface area (TPSA) is 15.3 Å². The Balaban J connectivity index is 1.36. The molecule has 144 valence electrons. The predicted molar refractivity (Wildman–Crippen MR) is 117 cm³/mol. The number of rotatable bonds is 7. The van der Waals surface area contributed by atoms with Gasteiger partial charge in [0.2, 0.25) is 0 Å². The van der Waals surface area contributed by atoms with Gasteiger partial charge >= 0.3 is 0 Å². The third-order valence-electron chi connectivity index (χ3n) is 5.76. The maximum atomic E-state index is 3.98. The molecule has 4 rings (SSSR count). The highest BCUT2D eigenvalue weighted by Crippen LogP contribution is 2.22. The van der Waals surface area contributed by atoms with Crippen LogP contribution in [0.5, 0.6) is 0 Å². The Bertz CT molecular complexity index is 809. The second-order valence-corrected chi connectivity index (χ2v) is 7.86. The zero-order valence-corrected chi connectivity index (χ0v) is 16.5. The minimum Gasteiger partial charge on any atom is -0.307 e. The summed E-state index contributed by atoms with van der Waals surface area (Å²) in [5, 5.41) is 3.98. The third kappa shape index (κ3) is 5.31. The van der Waals surface area contributed by atoms with E-state index in [4.69, 9.17) is 0 Å². The molecule has 0 radical (unpaired) electrons. The monoisotopic (exact) mass is 370 g/mol. The molecule has 1 aliphatic rings. The van der Waals surface area contributed by atoms with Crippen LogP contribution in [-0.4, -0.2) is 24.0 Å². The Kier molecular flexibility index (Phi) is 6.54. The smallest absolute Gasteiger partial charge is 0.0363 e. The number of hydrogen-bond acceptors (Lipinski definition) is 2. The molecular weight excluding hydrogens is 340 g/mol. The van der Waals surface area contributed by atoms with E-state index in [0.29, 0.717) is 12.1 Å². The van der Waals surface area contributed by atoms with E-state index in [1.807, 2.05) is 0 Å². The molecule has 0 spiro atoms. The van der Waals surface area contributed by atoms with Crippen LogP contribution in [0.1, 0.15) is 35.6 Å². The Morgan fingerprint density at radius 1 is 0.714 bits per heavy atom. The van der Waals surface area contributed by atoms with E-state index in [9.17, 15) is 0 Å². The van der Waals surface area contributed by atoms with E-state index in [0.717, 1.165) is 13.0 Å². The van der Waals surface area contributed by atoms with Gasteiger partial charge in [-0.15, -0.1) is 0 Å². The van der Waals surface area contributed by atoms with Crippen molar-refractivity contribution < 1.29 is 0 Å². The number of nitrogens with zero attached hydrogens (tertiary/aromatic N) is 1. The average Bonchev–Trinajstić information content (AvgIpc) is 2.77. The molecule has 1 aliphatic heterocycles. The fourth-order valence-corrected chi connectivity index (χ4v) is 4.19. The molecule has 0 saturated carbocycles. The Morgan fingerprint density at radius 3 is 1.86 bits per heavy atom. The van der Waals surface area contributed by atoms with Gasteiger partial charge < -0.3 is 5.32 Å². The summed E-state index contributed by atoms with van der Waals surface area (Å²) in [7, 11) is 0. The van der Waals surface area contributed by atoms with Crippen LogP contribution in [0, 0.1) is 0 Å². The summed E-state index contributed by atoms with van der Waals surface area (Å²) in [4.78, 5) is 2.59. The van der Waals surface area contributed by atoms with Crippen molar-refractivity contribution in [3.63, 3.8) is 0 Å². The fraction of sp³-hybridized carbons (Fsp3) is 0.308. The van der Waals surface area contributed by atoms with Crippen molar-refractivity contribution in [1.29, 1.82) is 0 Å². The highest BCUT2D eigenvalue weighted by atomic mass is 15.1. The molecule has 3 aromatic rings. The molecule has 0 aromatic heterocycles. The summed E-state index contributed by atoms with van der Waals surface area (Å²) in [5.74, 6) is 0. The first kappa shape index (κ1) is 18.9. The van der Waals surface area contributed by atoms with E-state index >= 15 is 0 Å². The van der Waals surface area contributed by atoms with Gasteiger partial charge in [0, 0.05) is 18.6 Å². The van der Waals surface area contributed by atoms with Crippen molar-refractivity contribution in [1.82, 2.24) is 10.2 Å². The summed E-state index contributed by atoms with van der Waals surface area (Å²) in [6.45, 7) is 3.40. The lowest BCUT2D eigenvalue weighted by Crippen LogP contribution is -2.43. The molecule has 2 heteroatoms. The van der Waals surface area contributed by atoms with Crippen LogP contribution in [0.2, 0.25) is 0 Å². The molecule has 1 fully saturated rings. The third-order valence-corrected chi connectivity index (χ3v) is 5.76. The quantitative estimate of drug-likeness (QED) is 0.613. The maximum absolute atomic E-state index is 3.98. The minimum absolute atomic E-state index is 0.370. The van der Waals surface area contributed by atoms with Crippen molar-refractivity contribution in [3.05, 3.63) is 108 Å². The summed E-state index contributed by atoms with van der Waals surface area (Å²) in [6.07, 6.45) is 3.46. The molecule has 1 saturated heterocycles. The van der Waals surface area contributed by atoms with Crippen molar-refractivity contribution in [2.75, 3.05) is 13.1 Å². The molecule has 3 aromatic carbocycles. The normalized spacial score (nSPS) is 16.7. The molecule has 0 bridgehead atoms. The van der Waals surface area contributed by atoms with E-state index in [2.05, 4.69) is 101 Å². The first-order valence-electron chi connectivity index (χ1n) is 10.5. The lowest BCUT2D eigenvalue weighted by molar-refractivity contribution is 0.183. The van der Waals surface area contributed by atoms with Crippen molar-refractivity contribution in [2.24, 2.45) is 0 Å². The summed E-state index contributed by atoms with van der Waals surface area (Å²) >= 11 is 0. The molecule has 28 heavy (non-hydrogen) atoms. The molecule has 0 aliphatic carbocycles. The lowest BCUT2D eigenvalue weighted by atomic mass is 9.96. The maximum Gasteiger partial charge on any atom is 0.0363 e. The number of piperidine rings is 1. The van der Waals surface area contributed by atoms with Crippen LogP contribution >= 0.6 is 0 Å². The van der Waals surface area contributed by atoms with Gasteiger partial charge in [0.25, 0.3) is 0 Å². The zero-order valence-electron chi connectivity index (χ0n) is 16.5. The Morgan fingerprint density at radius 2 is 1.25 bits per heavy atom. The first-order valence-corrected chi connectivity index (χ1v) is 10.5. The Hall–Kier alpha value is -2.42. The van der Waals surface area contributed by atoms with Gasteiger partial charge in [-0.1, -0.05) is 91.0 Å². The first-order chi connectivity index (χ1) is 13.9. The number of likely N-dealkylation sites (tertiary alicyclic amines) is 1. The lowest BCUT2D eigenvalue weighted by Gasteiger charge is -2.35. The van der Waals surface area contributed by atoms with E-state index in [-0.39, 0.29) is 0 Å². The predicted octanol–water partition coefficient (Wildman–Crippen LogP) is 5.22. The second-order valence-electron chi connectivity index (χ2n) is 7.86. The molecular formula is C26H30N2. The number of benzene rings is 3. The molecule has 2 nitrogen and oxygen atoms in total. The van der Waals surface area contributed by atoms with Gasteiger partial charge in [-0.3, -0.25) is 4.90 Å². The van der Waals surface area contributed by atoms with E-state index in [1.165, 1.54) is 42.6 Å². The van der Waals surface area contributed by atoms with E-state index in [1.54, 1.807) is 0 Å². The second kappa shape index (κ2) is 9.68. The highest BCUT2D eigenvalue weighted by Gasteiger charge is 2.22. The van der Waals surface area contributed by atoms with Gasteiger partial charge in [-0.25, -0.2) is 0 Å². The van der Waals surface area contributed by atoms with E-state index < -0.39 is 0 Å². The van der Waals surface area contributed by atoms with Crippen LogP contribution in [0.4, 0.5) is 0 Å². The fourth-order valence-electron chi connectivity index (χ4n) is 4.19. The van der Waals surface area contributed by atoms with Gasteiger partial charge in [0.1, 0.15) is 0 Å².